The Bertz CT molecular complexity index is 363. The van der Waals surface area contributed by atoms with E-state index in [1.54, 1.807) is 0 Å². The molecule has 0 aliphatic heterocycles. The Morgan fingerprint density at radius 1 is 1.12 bits per heavy atom. The largest absolute Gasteiger partial charge is 0.294 e. The van der Waals surface area contributed by atoms with Crippen LogP contribution in [0.15, 0.2) is 34.4 Å². The molecule has 1 aliphatic rings. The summed E-state index contributed by atoms with van der Waals surface area (Å²) < 4.78 is 0. The van der Waals surface area contributed by atoms with Gasteiger partial charge in [0.1, 0.15) is 0 Å². The molecular weight excluding hydrogens is 196 g/mol. The SMILES string of the molecule is CC(C)=C1C/C=C(/C)CC/C=C(\C)CC1=O. The molecule has 0 N–H and O–H groups in total. The lowest BCUT2D eigenvalue weighted by molar-refractivity contribution is -0.115. The number of rotatable bonds is 0. The molecule has 0 bridgehead atoms. The van der Waals surface area contributed by atoms with Gasteiger partial charge < -0.3 is 0 Å². The average molecular weight is 218 g/mol. The van der Waals surface area contributed by atoms with Crippen molar-refractivity contribution in [3.8, 4) is 0 Å². The molecule has 1 rings (SSSR count). The molecule has 0 aromatic rings. The smallest absolute Gasteiger partial charge is 0.163 e. The highest BCUT2D eigenvalue weighted by Gasteiger charge is 2.11. The van der Waals surface area contributed by atoms with E-state index in [4.69, 9.17) is 0 Å². The molecule has 0 amide bonds. The van der Waals surface area contributed by atoms with Crippen molar-refractivity contribution in [2.45, 2.75) is 53.4 Å². The number of allylic oxidation sites excluding steroid dienone is 6. The predicted molar refractivity (Wildman–Crippen MR) is 69.4 cm³/mol. The third-order valence-corrected chi connectivity index (χ3v) is 3.07. The van der Waals surface area contributed by atoms with Crippen LogP contribution in [0.2, 0.25) is 0 Å². The minimum atomic E-state index is 0.291. The molecule has 1 nitrogen and oxygen atoms in total. The van der Waals surface area contributed by atoms with E-state index in [0.29, 0.717) is 12.2 Å². The van der Waals surface area contributed by atoms with Crippen LogP contribution in [0.25, 0.3) is 0 Å². The summed E-state index contributed by atoms with van der Waals surface area (Å²) in [5.41, 5.74) is 4.74. The van der Waals surface area contributed by atoms with Crippen LogP contribution < -0.4 is 0 Å². The van der Waals surface area contributed by atoms with Gasteiger partial charge in [-0.2, -0.15) is 0 Å². The van der Waals surface area contributed by atoms with Gasteiger partial charge in [0.15, 0.2) is 5.78 Å². The van der Waals surface area contributed by atoms with Crippen molar-refractivity contribution in [1.82, 2.24) is 0 Å². The van der Waals surface area contributed by atoms with Gasteiger partial charge in [-0.05, 0) is 52.5 Å². The fourth-order valence-electron chi connectivity index (χ4n) is 1.95. The summed E-state index contributed by atoms with van der Waals surface area (Å²) in [6.45, 7) is 8.27. The first-order valence-corrected chi connectivity index (χ1v) is 6.01. The van der Waals surface area contributed by atoms with Gasteiger partial charge in [-0.3, -0.25) is 4.79 Å². The van der Waals surface area contributed by atoms with Gasteiger partial charge in [-0.15, -0.1) is 0 Å². The van der Waals surface area contributed by atoms with Crippen molar-refractivity contribution in [1.29, 1.82) is 0 Å². The summed E-state index contributed by atoms with van der Waals surface area (Å²) in [6.07, 6.45) is 7.97. The quantitative estimate of drug-likeness (QED) is 0.436. The minimum Gasteiger partial charge on any atom is -0.294 e. The normalized spacial score (nSPS) is 25.5. The monoisotopic (exact) mass is 218 g/mol. The summed E-state index contributed by atoms with van der Waals surface area (Å²) in [5.74, 6) is 0.291. The molecule has 1 aliphatic carbocycles. The number of hydrogen-bond donors (Lipinski definition) is 0. The Hall–Kier alpha value is -1.11. The molecule has 0 saturated heterocycles. The number of Topliss-reactive ketones (excluding diaryl/α,β-unsaturated/α-hetero) is 1. The summed E-state index contributed by atoms with van der Waals surface area (Å²) in [5, 5.41) is 0. The standard InChI is InChI=1S/C15H22O/c1-11(2)14-9-8-12(3)6-5-7-13(4)10-15(14)16/h7-8H,5-6,9-10H2,1-4H3/b12-8-,13-7+. The average Bonchev–Trinajstić information content (AvgIpc) is 2.16. The molecule has 0 spiro atoms. The van der Waals surface area contributed by atoms with Crippen LogP contribution in [0.3, 0.4) is 0 Å². The fraction of sp³-hybridized carbons (Fsp3) is 0.533. The van der Waals surface area contributed by atoms with Crippen molar-refractivity contribution < 1.29 is 4.79 Å². The van der Waals surface area contributed by atoms with E-state index in [1.807, 2.05) is 13.8 Å². The topological polar surface area (TPSA) is 17.1 Å². The first-order chi connectivity index (χ1) is 7.50. The van der Waals surface area contributed by atoms with Gasteiger partial charge in [0, 0.05) is 6.42 Å². The van der Waals surface area contributed by atoms with Gasteiger partial charge in [0.2, 0.25) is 0 Å². The Kier molecular flexibility index (Phi) is 4.72. The second kappa shape index (κ2) is 5.83. The lowest BCUT2D eigenvalue weighted by atomic mass is 9.94. The van der Waals surface area contributed by atoms with E-state index < -0.39 is 0 Å². The number of hydrogen-bond acceptors (Lipinski definition) is 1. The van der Waals surface area contributed by atoms with Gasteiger partial charge in [-0.25, -0.2) is 0 Å². The third-order valence-electron chi connectivity index (χ3n) is 3.07. The molecule has 0 atom stereocenters. The van der Waals surface area contributed by atoms with Crippen LogP contribution in [0.4, 0.5) is 0 Å². The zero-order valence-corrected chi connectivity index (χ0v) is 10.9. The molecule has 88 valence electrons. The van der Waals surface area contributed by atoms with E-state index in [1.165, 1.54) is 11.1 Å². The predicted octanol–water partition coefficient (Wildman–Crippen LogP) is 4.36. The Morgan fingerprint density at radius 3 is 2.44 bits per heavy atom. The van der Waals surface area contributed by atoms with Crippen molar-refractivity contribution in [2.75, 3.05) is 0 Å². The maximum Gasteiger partial charge on any atom is 0.163 e. The molecule has 0 fully saturated rings. The minimum absolute atomic E-state index is 0.291. The summed E-state index contributed by atoms with van der Waals surface area (Å²) in [6, 6.07) is 0. The third kappa shape index (κ3) is 3.80. The Morgan fingerprint density at radius 2 is 1.81 bits per heavy atom. The van der Waals surface area contributed by atoms with Crippen LogP contribution in [0.1, 0.15) is 53.4 Å². The maximum atomic E-state index is 12.1. The molecule has 0 aromatic heterocycles. The first kappa shape index (κ1) is 13.0. The van der Waals surface area contributed by atoms with Crippen molar-refractivity contribution in [3.05, 3.63) is 34.4 Å². The molecule has 16 heavy (non-hydrogen) atoms. The zero-order chi connectivity index (χ0) is 12.1. The fourth-order valence-corrected chi connectivity index (χ4v) is 1.95. The van der Waals surface area contributed by atoms with Crippen LogP contribution in [0, 0.1) is 0 Å². The highest BCUT2D eigenvalue weighted by molar-refractivity contribution is 5.97. The van der Waals surface area contributed by atoms with E-state index in [9.17, 15) is 4.79 Å². The van der Waals surface area contributed by atoms with Crippen LogP contribution >= 0.6 is 0 Å². The van der Waals surface area contributed by atoms with Gasteiger partial charge in [-0.1, -0.05) is 28.9 Å². The summed E-state index contributed by atoms with van der Waals surface area (Å²) in [4.78, 5) is 12.1. The number of carbonyl (C=O) groups is 1. The van der Waals surface area contributed by atoms with Crippen molar-refractivity contribution in [3.63, 3.8) is 0 Å². The highest BCUT2D eigenvalue weighted by Crippen LogP contribution is 2.20. The van der Waals surface area contributed by atoms with Gasteiger partial charge in [0.05, 0.1) is 0 Å². The molecule has 0 aromatic carbocycles. The lowest BCUT2D eigenvalue weighted by Crippen LogP contribution is -2.05. The molecule has 0 saturated carbocycles. The van der Waals surface area contributed by atoms with Crippen molar-refractivity contribution >= 4 is 5.78 Å². The first-order valence-electron chi connectivity index (χ1n) is 6.01. The van der Waals surface area contributed by atoms with E-state index in [2.05, 4.69) is 26.0 Å². The van der Waals surface area contributed by atoms with E-state index in [0.717, 1.165) is 30.4 Å². The molecule has 0 unspecified atom stereocenters. The highest BCUT2D eigenvalue weighted by atomic mass is 16.1. The van der Waals surface area contributed by atoms with Crippen LogP contribution in [0.5, 0.6) is 0 Å². The second-order valence-electron chi connectivity index (χ2n) is 4.92. The molecular formula is C15H22O. The second-order valence-corrected chi connectivity index (χ2v) is 4.92. The zero-order valence-electron chi connectivity index (χ0n) is 10.9. The van der Waals surface area contributed by atoms with Gasteiger partial charge in [0.25, 0.3) is 0 Å². The van der Waals surface area contributed by atoms with Crippen LogP contribution in [-0.2, 0) is 4.79 Å². The maximum absolute atomic E-state index is 12.1. The van der Waals surface area contributed by atoms with E-state index >= 15 is 0 Å². The molecule has 1 heteroatoms. The Labute approximate surface area is 98.9 Å². The number of carbonyl (C=O) groups excluding carboxylic acids is 1. The molecule has 0 radical (unpaired) electrons. The van der Waals surface area contributed by atoms with Crippen molar-refractivity contribution in [2.24, 2.45) is 0 Å². The Balaban J connectivity index is 2.99. The van der Waals surface area contributed by atoms with Gasteiger partial charge >= 0.3 is 0 Å². The summed E-state index contributed by atoms with van der Waals surface area (Å²) >= 11 is 0. The van der Waals surface area contributed by atoms with Crippen LogP contribution in [-0.4, -0.2) is 5.78 Å². The molecule has 0 heterocycles. The number of ketones is 1. The summed E-state index contributed by atoms with van der Waals surface area (Å²) in [7, 11) is 0. The van der Waals surface area contributed by atoms with E-state index in [-0.39, 0.29) is 0 Å². The lowest BCUT2D eigenvalue weighted by Gasteiger charge is -2.10.